The summed E-state index contributed by atoms with van der Waals surface area (Å²) in [6.45, 7) is 0. The molecule has 4 aromatic rings. The van der Waals surface area contributed by atoms with Crippen LogP contribution >= 0.6 is 11.3 Å². The smallest absolute Gasteiger partial charge is 0.270 e. The van der Waals surface area contributed by atoms with Gasteiger partial charge in [-0.2, -0.15) is 0 Å². The lowest BCUT2D eigenvalue weighted by Gasteiger charge is -2.43. The molecule has 2 aliphatic rings. The summed E-state index contributed by atoms with van der Waals surface area (Å²) >= 11 is 1.32. The largest absolute Gasteiger partial charge is 0.384 e. The summed E-state index contributed by atoms with van der Waals surface area (Å²) in [4.78, 5) is 19.2. The number of aliphatic hydroxyl groups excluding tert-OH is 1. The van der Waals surface area contributed by atoms with Gasteiger partial charge in [-0.15, -0.1) is 0 Å². The summed E-state index contributed by atoms with van der Waals surface area (Å²) in [7, 11) is 0. The molecule has 5 nitrogen and oxygen atoms in total. The number of rotatable bonds is 4. The average Bonchev–Trinajstić information content (AvgIpc) is 3.22. The molecule has 1 aromatic heterocycles. The molecule has 6 heteroatoms. The number of fused-ring (bicyclic) bond motifs is 2. The zero-order valence-electron chi connectivity index (χ0n) is 19.6. The van der Waals surface area contributed by atoms with E-state index in [-0.39, 0.29) is 5.56 Å². The van der Waals surface area contributed by atoms with Crippen molar-refractivity contribution in [1.82, 2.24) is 4.57 Å². The molecule has 180 valence electrons. The highest BCUT2D eigenvalue weighted by molar-refractivity contribution is 7.07. The Kier molecular flexibility index (Phi) is 5.80. The Morgan fingerprint density at radius 2 is 1.61 bits per heavy atom. The fourth-order valence-corrected chi connectivity index (χ4v) is 6.46. The van der Waals surface area contributed by atoms with Crippen LogP contribution in [0.2, 0.25) is 0 Å². The van der Waals surface area contributed by atoms with E-state index in [2.05, 4.69) is 0 Å². The second-order valence-electron chi connectivity index (χ2n) is 9.37. The van der Waals surface area contributed by atoms with Crippen molar-refractivity contribution in [2.45, 2.75) is 37.0 Å². The van der Waals surface area contributed by atoms with Crippen molar-refractivity contribution in [2.24, 2.45) is 4.99 Å². The molecule has 2 heterocycles. The summed E-state index contributed by atoms with van der Waals surface area (Å²) < 4.78 is 2.21. The molecule has 36 heavy (non-hydrogen) atoms. The van der Waals surface area contributed by atoms with Crippen LogP contribution in [0.4, 0.5) is 0 Å². The van der Waals surface area contributed by atoms with Crippen molar-refractivity contribution in [2.75, 3.05) is 0 Å². The predicted molar refractivity (Wildman–Crippen MR) is 141 cm³/mol. The van der Waals surface area contributed by atoms with Gasteiger partial charge < -0.3 is 10.2 Å². The summed E-state index contributed by atoms with van der Waals surface area (Å²) in [6.07, 6.45) is 2.78. The third kappa shape index (κ3) is 3.78. The minimum Gasteiger partial charge on any atom is -0.384 e. The number of hydrogen-bond acceptors (Lipinski definition) is 5. The van der Waals surface area contributed by atoms with Gasteiger partial charge in [-0.05, 0) is 47.6 Å². The predicted octanol–water partition coefficient (Wildman–Crippen LogP) is 3.86. The van der Waals surface area contributed by atoms with Gasteiger partial charge in [-0.25, -0.2) is 4.99 Å². The van der Waals surface area contributed by atoms with Gasteiger partial charge in [0.25, 0.3) is 5.56 Å². The first-order chi connectivity index (χ1) is 17.6. The molecular formula is C30H26N2O3S. The van der Waals surface area contributed by atoms with Crippen LogP contribution in [0.3, 0.4) is 0 Å². The molecule has 3 unspecified atom stereocenters. The third-order valence-electron chi connectivity index (χ3n) is 7.13. The van der Waals surface area contributed by atoms with E-state index in [0.717, 1.165) is 22.3 Å². The number of aliphatic hydroxyl groups is 2. The van der Waals surface area contributed by atoms with Crippen molar-refractivity contribution >= 4 is 17.4 Å². The van der Waals surface area contributed by atoms with Crippen molar-refractivity contribution in [3.63, 3.8) is 0 Å². The molecule has 0 radical (unpaired) electrons. The Labute approximate surface area is 212 Å². The van der Waals surface area contributed by atoms with Crippen LogP contribution in [0, 0.1) is 0 Å². The van der Waals surface area contributed by atoms with Crippen molar-refractivity contribution < 1.29 is 10.2 Å². The molecule has 1 aliphatic carbocycles. The monoisotopic (exact) mass is 494 g/mol. The molecule has 0 amide bonds. The quantitative estimate of drug-likeness (QED) is 0.452. The van der Waals surface area contributed by atoms with Gasteiger partial charge in [-0.3, -0.25) is 9.36 Å². The Morgan fingerprint density at radius 3 is 2.31 bits per heavy atom. The summed E-state index contributed by atoms with van der Waals surface area (Å²) in [5, 5.41) is 23.7. The number of nitrogens with zero attached hydrogens (tertiary/aromatic N) is 2. The minimum absolute atomic E-state index is 0.167. The van der Waals surface area contributed by atoms with Gasteiger partial charge >= 0.3 is 0 Å². The molecule has 0 saturated heterocycles. The molecule has 0 spiro atoms. The number of hydrogen-bond donors (Lipinski definition) is 2. The fourth-order valence-electron chi connectivity index (χ4n) is 5.46. The zero-order chi connectivity index (χ0) is 24.7. The Bertz CT molecular complexity index is 1610. The highest BCUT2D eigenvalue weighted by Gasteiger charge is 2.49. The van der Waals surface area contributed by atoms with Gasteiger partial charge in [-0.1, -0.05) is 102 Å². The first-order valence-corrected chi connectivity index (χ1v) is 13.0. The fraction of sp³-hybridized carbons (Fsp3) is 0.200. The van der Waals surface area contributed by atoms with Crippen molar-refractivity contribution in [3.8, 4) is 0 Å². The second kappa shape index (κ2) is 9.13. The zero-order valence-corrected chi connectivity index (χ0v) is 20.4. The third-order valence-corrected chi connectivity index (χ3v) is 8.11. The lowest BCUT2D eigenvalue weighted by molar-refractivity contribution is 0.00798. The number of thiazole rings is 1. The molecule has 0 saturated carbocycles. The summed E-state index contributed by atoms with van der Waals surface area (Å²) in [5.41, 5.74) is 2.17. The Hall–Kier alpha value is -3.58. The van der Waals surface area contributed by atoms with Crippen LogP contribution in [-0.2, 0) is 0 Å². The van der Waals surface area contributed by atoms with E-state index < -0.39 is 17.7 Å². The van der Waals surface area contributed by atoms with E-state index in [0.29, 0.717) is 34.3 Å². The lowest BCUT2D eigenvalue weighted by atomic mass is 9.73. The van der Waals surface area contributed by atoms with E-state index in [1.54, 1.807) is 4.57 Å². The SMILES string of the molecule is O=c1/c(=C\c2ccccc2)sc2n1C(c1ccccc1)C1(O)CCCC(C(O)c3ccccc3)=C1N=2. The lowest BCUT2D eigenvalue weighted by Crippen LogP contribution is -2.53. The Balaban J connectivity index is 1.64. The first-order valence-electron chi connectivity index (χ1n) is 12.2. The summed E-state index contributed by atoms with van der Waals surface area (Å²) in [6, 6.07) is 28.2. The van der Waals surface area contributed by atoms with E-state index in [1.165, 1.54) is 11.3 Å². The van der Waals surface area contributed by atoms with Crippen molar-refractivity contribution in [1.29, 1.82) is 0 Å². The van der Waals surface area contributed by atoms with Crippen LogP contribution in [0.25, 0.3) is 6.08 Å². The molecule has 0 bridgehead atoms. The van der Waals surface area contributed by atoms with Crippen LogP contribution in [0.1, 0.15) is 48.1 Å². The standard InChI is InChI=1S/C30H26N2O3S/c33-25(21-13-6-2-7-14-21)23-17-10-18-30(35)26(23)31-29-32(27(30)22-15-8-3-9-16-22)28(34)24(36-29)19-20-11-4-1-5-12-20/h1-9,11-16,19,25,27,33,35H,10,17-18H2/b24-19+. The molecule has 1 aliphatic heterocycles. The molecular weight excluding hydrogens is 468 g/mol. The van der Waals surface area contributed by atoms with Crippen molar-refractivity contribution in [3.05, 3.63) is 139 Å². The highest BCUT2D eigenvalue weighted by Crippen LogP contribution is 2.48. The van der Waals surface area contributed by atoms with E-state index in [4.69, 9.17) is 4.99 Å². The second-order valence-corrected chi connectivity index (χ2v) is 10.4. The average molecular weight is 495 g/mol. The molecule has 6 rings (SSSR count). The molecule has 0 fully saturated rings. The first kappa shape index (κ1) is 22.9. The van der Waals surface area contributed by atoms with Crippen LogP contribution in [0.5, 0.6) is 0 Å². The topological polar surface area (TPSA) is 74.8 Å². The highest BCUT2D eigenvalue weighted by atomic mass is 32.1. The van der Waals surface area contributed by atoms with E-state index >= 15 is 0 Å². The maximum absolute atomic E-state index is 13.8. The molecule has 3 atom stereocenters. The van der Waals surface area contributed by atoms with Gasteiger partial charge in [0, 0.05) is 0 Å². The van der Waals surface area contributed by atoms with Gasteiger partial charge in [0.1, 0.15) is 11.7 Å². The van der Waals surface area contributed by atoms with Gasteiger partial charge in [0.15, 0.2) is 4.80 Å². The normalized spacial score (nSPS) is 22.5. The summed E-state index contributed by atoms with van der Waals surface area (Å²) in [5.74, 6) is 0. The number of aromatic nitrogens is 1. The maximum Gasteiger partial charge on any atom is 0.270 e. The minimum atomic E-state index is -1.41. The Morgan fingerprint density at radius 1 is 0.972 bits per heavy atom. The van der Waals surface area contributed by atoms with Crippen LogP contribution in [-0.4, -0.2) is 20.4 Å². The molecule has 3 aromatic carbocycles. The van der Waals surface area contributed by atoms with Crippen LogP contribution < -0.4 is 14.9 Å². The van der Waals surface area contributed by atoms with E-state index in [9.17, 15) is 15.0 Å². The number of benzene rings is 3. The van der Waals surface area contributed by atoms with Crippen LogP contribution in [0.15, 0.2) is 112 Å². The maximum atomic E-state index is 13.8. The van der Waals surface area contributed by atoms with Gasteiger partial charge in [0.05, 0.1) is 16.3 Å². The molecule has 2 N–H and O–H groups in total. The van der Waals surface area contributed by atoms with Gasteiger partial charge in [0.2, 0.25) is 0 Å². The van der Waals surface area contributed by atoms with E-state index in [1.807, 2.05) is 97.1 Å².